The van der Waals surface area contributed by atoms with Crippen molar-refractivity contribution in [1.82, 2.24) is 15.2 Å². The summed E-state index contributed by atoms with van der Waals surface area (Å²) in [6, 6.07) is 10.3. The highest BCUT2D eigenvalue weighted by Crippen LogP contribution is 2.50. The Kier molecular flexibility index (Phi) is 9.92. The molecule has 0 aliphatic carbocycles. The number of nitrogens with zero attached hydrogens (tertiary/aromatic N) is 2. The van der Waals surface area contributed by atoms with Crippen LogP contribution >= 0.6 is 0 Å². The molecule has 43 heavy (non-hydrogen) atoms. The summed E-state index contributed by atoms with van der Waals surface area (Å²) in [6.45, 7) is 17.7. The second kappa shape index (κ2) is 12.9. The monoisotopic (exact) mass is 593 g/mol. The van der Waals surface area contributed by atoms with Crippen LogP contribution in [0.1, 0.15) is 109 Å². The molecule has 1 aromatic carbocycles. The van der Waals surface area contributed by atoms with Gasteiger partial charge in [0.2, 0.25) is 5.88 Å². The van der Waals surface area contributed by atoms with Crippen molar-refractivity contribution in [2.24, 2.45) is 11.3 Å². The van der Waals surface area contributed by atoms with Gasteiger partial charge in [-0.3, -0.25) is 4.79 Å². The number of ether oxygens (including phenoxy) is 2. The van der Waals surface area contributed by atoms with E-state index in [1.165, 1.54) is 0 Å². The van der Waals surface area contributed by atoms with Gasteiger partial charge in [0.25, 0.3) is 5.91 Å². The molecule has 0 spiro atoms. The Labute approximate surface area is 257 Å². The average Bonchev–Trinajstić information content (AvgIpc) is 3.31. The van der Waals surface area contributed by atoms with Gasteiger partial charge >= 0.3 is 5.97 Å². The lowest BCUT2D eigenvalue weighted by molar-refractivity contribution is -0.159. The van der Waals surface area contributed by atoms with Crippen LogP contribution in [0, 0.1) is 11.3 Å². The Balaban J connectivity index is 1.86. The zero-order valence-corrected chi connectivity index (χ0v) is 27.4. The highest BCUT2D eigenvalue weighted by atomic mass is 16.5. The number of carbonyl (C=O) groups is 2. The maximum Gasteiger partial charge on any atom is 0.326 e. The van der Waals surface area contributed by atoms with Gasteiger partial charge in [0.05, 0.1) is 13.2 Å². The molecule has 2 fully saturated rings. The van der Waals surface area contributed by atoms with Crippen molar-refractivity contribution < 1.29 is 24.2 Å². The van der Waals surface area contributed by atoms with Crippen molar-refractivity contribution in [3.05, 3.63) is 58.8 Å². The summed E-state index contributed by atoms with van der Waals surface area (Å²) in [6.07, 6.45) is 1.75. The van der Waals surface area contributed by atoms with E-state index in [1.807, 2.05) is 24.3 Å². The van der Waals surface area contributed by atoms with E-state index < -0.39 is 35.5 Å². The van der Waals surface area contributed by atoms with Gasteiger partial charge in [-0.2, -0.15) is 0 Å². The molecule has 3 heterocycles. The first-order chi connectivity index (χ1) is 20.2. The van der Waals surface area contributed by atoms with Crippen molar-refractivity contribution in [3.63, 3.8) is 0 Å². The number of methoxy groups -OCH3 is 1. The van der Waals surface area contributed by atoms with Gasteiger partial charge in [-0.15, -0.1) is 0 Å². The first-order valence-electron chi connectivity index (χ1n) is 15.7. The molecule has 0 bridgehead atoms. The number of benzene rings is 1. The normalized spacial score (nSPS) is 24.8. The number of pyridine rings is 1. The number of carbonyl (C=O) groups excluding carboxylic acids is 1. The van der Waals surface area contributed by atoms with E-state index in [2.05, 4.69) is 72.8 Å². The van der Waals surface area contributed by atoms with E-state index in [0.717, 1.165) is 35.2 Å². The van der Waals surface area contributed by atoms with Crippen LogP contribution in [-0.2, 0) is 26.3 Å². The number of carboxylic acid groups (broad SMARTS) is 1. The maximum atomic E-state index is 14.4. The molecule has 1 unspecified atom stereocenters. The molecule has 2 aromatic rings. The van der Waals surface area contributed by atoms with E-state index in [-0.39, 0.29) is 23.3 Å². The molecule has 8 heteroatoms. The molecule has 2 saturated heterocycles. The van der Waals surface area contributed by atoms with Gasteiger partial charge in [0.1, 0.15) is 12.1 Å². The third-order valence-electron chi connectivity index (χ3n) is 8.99. The Morgan fingerprint density at radius 3 is 2.35 bits per heavy atom. The largest absolute Gasteiger partial charge is 0.481 e. The van der Waals surface area contributed by atoms with Crippen LogP contribution in [0.3, 0.4) is 0 Å². The molecule has 236 valence electrons. The standard InChI is InChI=1S/C35H51N3O5/c1-21(2)23-14-10-11-15-24(23)29-28(36-20-22-17-18-26(34(3,4)5)37-31(22)42-9)27(35(6,7)8)30(33(40)41)38(29)32(39)25-16-12-13-19-43-25/h10-11,14-15,17-18,21,25,27-30,36H,12-13,16,19-20H2,1-9H3,(H,40,41)/t25?,27-,28-,29-,30-/m0/s1. The third kappa shape index (κ3) is 6.91. The Bertz CT molecular complexity index is 1290. The maximum absolute atomic E-state index is 14.4. The molecule has 1 amide bonds. The van der Waals surface area contributed by atoms with Crippen LogP contribution in [0.15, 0.2) is 36.4 Å². The van der Waals surface area contributed by atoms with E-state index >= 15 is 0 Å². The van der Waals surface area contributed by atoms with Crippen molar-refractivity contribution in [3.8, 4) is 5.88 Å². The van der Waals surface area contributed by atoms with Crippen molar-refractivity contribution in [2.45, 2.75) is 117 Å². The lowest BCUT2D eigenvalue weighted by Gasteiger charge is -2.36. The first kappa shape index (κ1) is 32.9. The van der Waals surface area contributed by atoms with Gasteiger partial charge < -0.3 is 24.8 Å². The van der Waals surface area contributed by atoms with Crippen LogP contribution in [-0.4, -0.2) is 58.8 Å². The minimum absolute atomic E-state index is 0.134. The van der Waals surface area contributed by atoms with Crippen LogP contribution in [0.4, 0.5) is 0 Å². The summed E-state index contributed by atoms with van der Waals surface area (Å²) in [7, 11) is 1.62. The van der Waals surface area contributed by atoms with Crippen LogP contribution < -0.4 is 10.1 Å². The fourth-order valence-electron chi connectivity index (χ4n) is 6.89. The Morgan fingerprint density at radius 1 is 1.09 bits per heavy atom. The van der Waals surface area contributed by atoms with Gasteiger partial charge in [0.15, 0.2) is 0 Å². The van der Waals surface area contributed by atoms with Crippen molar-refractivity contribution in [1.29, 1.82) is 0 Å². The van der Waals surface area contributed by atoms with Crippen molar-refractivity contribution >= 4 is 11.9 Å². The van der Waals surface area contributed by atoms with Crippen LogP contribution in [0.5, 0.6) is 5.88 Å². The summed E-state index contributed by atoms with van der Waals surface area (Å²) >= 11 is 0. The SMILES string of the molecule is COc1nc(C(C)(C)C)ccc1CN[C@H]1[C@H](C(C)(C)C)[C@@H](C(=O)O)N(C(=O)C2CCCCO2)[C@H]1c1ccccc1C(C)C. The number of likely N-dealkylation sites (tertiary alicyclic amines) is 1. The number of amides is 1. The molecular weight excluding hydrogens is 542 g/mol. The van der Waals surface area contributed by atoms with Gasteiger partial charge in [-0.05, 0) is 47.8 Å². The predicted octanol–water partition coefficient (Wildman–Crippen LogP) is 6.24. The van der Waals surface area contributed by atoms with Gasteiger partial charge in [0, 0.05) is 41.8 Å². The quantitative estimate of drug-likeness (QED) is 0.374. The molecule has 5 atom stereocenters. The fraction of sp³-hybridized carbons (Fsp3) is 0.629. The summed E-state index contributed by atoms with van der Waals surface area (Å²) < 4.78 is 11.7. The average molecular weight is 594 g/mol. The van der Waals surface area contributed by atoms with Crippen LogP contribution in [0.25, 0.3) is 0 Å². The van der Waals surface area contributed by atoms with Crippen molar-refractivity contribution in [2.75, 3.05) is 13.7 Å². The van der Waals surface area contributed by atoms with Crippen LogP contribution in [0.2, 0.25) is 0 Å². The first-order valence-corrected chi connectivity index (χ1v) is 15.7. The molecular formula is C35H51N3O5. The third-order valence-corrected chi connectivity index (χ3v) is 8.99. The number of rotatable bonds is 8. The smallest absolute Gasteiger partial charge is 0.326 e. The van der Waals surface area contributed by atoms with E-state index in [4.69, 9.17) is 14.5 Å². The second-order valence-corrected chi connectivity index (χ2v) is 14.5. The zero-order chi connectivity index (χ0) is 31.7. The fourth-order valence-corrected chi connectivity index (χ4v) is 6.89. The number of carboxylic acids is 1. The van der Waals surface area contributed by atoms with E-state index in [1.54, 1.807) is 12.0 Å². The lowest BCUT2D eigenvalue weighted by atomic mass is 9.72. The molecule has 8 nitrogen and oxygen atoms in total. The summed E-state index contributed by atoms with van der Waals surface area (Å²) in [4.78, 5) is 34.1. The summed E-state index contributed by atoms with van der Waals surface area (Å²) in [5, 5.41) is 14.6. The molecule has 0 radical (unpaired) electrons. The molecule has 2 aliphatic heterocycles. The Hall–Kier alpha value is -2.97. The molecule has 2 N–H and O–H groups in total. The minimum Gasteiger partial charge on any atom is -0.481 e. The highest BCUT2D eigenvalue weighted by molar-refractivity contribution is 5.88. The molecule has 0 saturated carbocycles. The Morgan fingerprint density at radius 2 is 1.79 bits per heavy atom. The van der Waals surface area contributed by atoms with Gasteiger partial charge in [-0.25, -0.2) is 9.78 Å². The summed E-state index contributed by atoms with van der Waals surface area (Å²) in [5.74, 6) is -0.888. The number of hydrogen-bond acceptors (Lipinski definition) is 6. The minimum atomic E-state index is -1.02. The van der Waals surface area contributed by atoms with E-state index in [0.29, 0.717) is 25.5 Å². The number of aliphatic carboxylic acids is 1. The predicted molar refractivity (Wildman–Crippen MR) is 168 cm³/mol. The molecule has 2 aliphatic rings. The summed E-state index contributed by atoms with van der Waals surface area (Å²) in [5.41, 5.74) is 3.32. The zero-order valence-electron chi connectivity index (χ0n) is 27.4. The second-order valence-electron chi connectivity index (χ2n) is 14.5. The molecule has 4 rings (SSSR count). The number of hydrogen-bond donors (Lipinski definition) is 2. The van der Waals surface area contributed by atoms with Gasteiger partial charge in [-0.1, -0.05) is 85.7 Å². The number of nitrogens with one attached hydrogen (secondary N) is 1. The lowest BCUT2D eigenvalue weighted by Crippen LogP contribution is -2.51. The number of aromatic nitrogens is 1. The molecule has 1 aromatic heterocycles. The highest BCUT2D eigenvalue weighted by Gasteiger charge is 2.59. The topological polar surface area (TPSA) is 101 Å². The van der Waals surface area contributed by atoms with E-state index in [9.17, 15) is 14.7 Å².